The van der Waals surface area contributed by atoms with Gasteiger partial charge in [0.05, 0.1) is 33.8 Å². The summed E-state index contributed by atoms with van der Waals surface area (Å²) in [5, 5.41) is 3.05. The quantitative estimate of drug-likeness (QED) is 0.0212. The minimum absolute atomic E-state index is 0.0225. The first-order valence-corrected chi connectivity index (χ1v) is 37.6. The Morgan fingerprint density at radius 3 is 1.12 bits per heavy atom. The van der Waals surface area contributed by atoms with Crippen molar-refractivity contribution >= 4 is 19.7 Å². The predicted octanol–water partition coefficient (Wildman–Crippen LogP) is 22.3. The average molecular weight is 1200 g/mol. The van der Waals surface area contributed by atoms with Crippen molar-refractivity contribution in [2.24, 2.45) is 0 Å². The number of nitrogens with one attached hydrogen (secondary N) is 1. The summed E-state index contributed by atoms with van der Waals surface area (Å²) in [5.41, 5.74) is 0. The number of esters is 1. The Hall–Kier alpha value is -2.29. The van der Waals surface area contributed by atoms with Gasteiger partial charge in [0.1, 0.15) is 19.3 Å². The van der Waals surface area contributed by atoms with Crippen molar-refractivity contribution in [1.82, 2.24) is 5.32 Å². The molecule has 0 radical (unpaired) electrons. The molecule has 492 valence electrons. The molecular weight excluding hydrogens is 1060 g/mol. The molecule has 0 spiro atoms. The summed E-state index contributed by atoms with van der Waals surface area (Å²) in [6.45, 7) is 6.85. The molecule has 1 N–H and O–H groups in total. The molecule has 10 heteroatoms. The van der Waals surface area contributed by atoms with E-state index in [0.717, 1.165) is 70.6 Å². The van der Waals surface area contributed by atoms with Crippen molar-refractivity contribution in [2.45, 2.75) is 360 Å². The van der Waals surface area contributed by atoms with Crippen LogP contribution in [0, 0.1) is 0 Å². The first-order chi connectivity index (χ1) is 40.9. The molecule has 0 aromatic rings. The lowest BCUT2D eigenvalue weighted by atomic mass is 10.0. The predicted molar refractivity (Wildman–Crippen MR) is 362 cm³/mol. The molecule has 3 atom stereocenters. The molecule has 0 heterocycles. The second-order valence-corrected chi connectivity index (χ2v) is 27.1. The first kappa shape index (κ1) is 81.7. The van der Waals surface area contributed by atoms with Crippen molar-refractivity contribution in [2.75, 3.05) is 40.9 Å². The molecule has 0 rings (SSSR count). The molecule has 0 aliphatic carbocycles. The Balaban J connectivity index is 5.04. The van der Waals surface area contributed by atoms with Gasteiger partial charge in [-0.15, -0.1) is 0 Å². The van der Waals surface area contributed by atoms with E-state index in [1.807, 2.05) is 33.3 Å². The Bertz CT molecular complexity index is 1620. The van der Waals surface area contributed by atoms with Crippen LogP contribution in [0.15, 0.2) is 60.8 Å². The zero-order valence-corrected chi connectivity index (χ0v) is 57.3. The van der Waals surface area contributed by atoms with Crippen molar-refractivity contribution in [1.29, 1.82) is 0 Å². The monoisotopic (exact) mass is 1200 g/mol. The lowest BCUT2D eigenvalue weighted by Crippen LogP contribution is -2.47. The molecule has 0 bridgehead atoms. The fourth-order valence-corrected chi connectivity index (χ4v) is 11.3. The van der Waals surface area contributed by atoms with Crippen LogP contribution < -0.4 is 10.2 Å². The number of phosphoric acid groups is 1. The van der Waals surface area contributed by atoms with Gasteiger partial charge in [-0.1, -0.05) is 300 Å². The summed E-state index contributed by atoms with van der Waals surface area (Å²) in [7, 11) is 1.19. The van der Waals surface area contributed by atoms with E-state index < -0.39 is 20.0 Å². The van der Waals surface area contributed by atoms with E-state index in [4.69, 9.17) is 13.8 Å². The van der Waals surface area contributed by atoms with Gasteiger partial charge >= 0.3 is 5.97 Å². The van der Waals surface area contributed by atoms with Gasteiger partial charge in [0.15, 0.2) is 0 Å². The number of hydrogen-bond acceptors (Lipinski definition) is 7. The van der Waals surface area contributed by atoms with Gasteiger partial charge < -0.3 is 28.5 Å². The number of hydrogen-bond donors (Lipinski definition) is 1. The van der Waals surface area contributed by atoms with Crippen LogP contribution in [0.25, 0.3) is 0 Å². The molecule has 0 aromatic carbocycles. The van der Waals surface area contributed by atoms with Gasteiger partial charge in [-0.3, -0.25) is 14.2 Å². The van der Waals surface area contributed by atoms with Gasteiger partial charge in [-0.05, 0) is 96.0 Å². The minimum atomic E-state index is -4.71. The van der Waals surface area contributed by atoms with Gasteiger partial charge in [-0.25, -0.2) is 0 Å². The zero-order valence-electron chi connectivity index (χ0n) is 56.4. The number of unbranched alkanes of at least 4 members (excludes halogenated alkanes) is 42. The molecule has 1 amide bonds. The standard InChI is InChI=1S/C74H139N2O7P/c1-7-10-13-16-19-22-25-28-30-32-34-36-37-38-39-41-42-44-46-48-51-54-57-60-63-66-73(77)75-71(70-82-84(79,80)81-69-68-76(4,5)6)72(65-62-59-56-53-50-27-24-21-18-15-12-9-3)83-74(78)67-64-61-58-55-52-49-47-45-43-40-35-33-31-29-26-23-20-17-14-11-8-2/h19,22,28-31,34,36,62,65,71-72H,7-18,20-21,23-27,32-33,35,37-61,63-64,66-70H2,1-6H3,(H-,75,77,79,80)/b22-19-,30-28-,31-29+,36-34-,65-62-. The van der Waals surface area contributed by atoms with Crippen LogP contribution in [-0.4, -0.2) is 69.4 Å². The Kier molecular flexibility index (Phi) is 62.0. The van der Waals surface area contributed by atoms with Gasteiger partial charge in [-0.2, -0.15) is 0 Å². The van der Waals surface area contributed by atoms with E-state index in [0.29, 0.717) is 17.4 Å². The number of phosphoric ester groups is 1. The maximum atomic E-state index is 13.6. The smallest absolute Gasteiger partial charge is 0.306 e. The highest BCUT2D eigenvalue weighted by Gasteiger charge is 2.27. The van der Waals surface area contributed by atoms with Crippen molar-refractivity contribution in [3.05, 3.63) is 60.8 Å². The molecule has 0 aliphatic heterocycles. The summed E-state index contributed by atoms with van der Waals surface area (Å²) in [4.78, 5) is 40.2. The summed E-state index contributed by atoms with van der Waals surface area (Å²) >= 11 is 0. The normalized spacial score (nSPS) is 13.8. The second kappa shape index (κ2) is 63.7. The third-order valence-electron chi connectivity index (χ3n) is 16.2. The highest BCUT2D eigenvalue weighted by molar-refractivity contribution is 7.45. The Morgan fingerprint density at radius 1 is 0.417 bits per heavy atom. The molecule has 84 heavy (non-hydrogen) atoms. The van der Waals surface area contributed by atoms with Crippen LogP contribution >= 0.6 is 7.82 Å². The number of rotatable bonds is 66. The van der Waals surface area contributed by atoms with Crippen molar-refractivity contribution in [3.8, 4) is 0 Å². The average Bonchev–Trinajstić information content (AvgIpc) is 3.64. The second-order valence-electron chi connectivity index (χ2n) is 25.7. The number of likely N-dealkylation sites (N-methyl/N-ethyl adjacent to an activating group) is 1. The summed E-state index contributed by atoms with van der Waals surface area (Å²) in [6, 6.07) is -0.891. The Morgan fingerprint density at radius 2 is 0.726 bits per heavy atom. The third kappa shape index (κ3) is 64.2. The summed E-state index contributed by atoms with van der Waals surface area (Å²) in [5.74, 6) is -0.531. The third-order valence-corrected chi connectivity index (χ3v) is 17.1. The highest BCUT2D eigenvalue weighted by atomic mass is 31.2. The zero-order chi connectivity index (χ0) is 61.4. The number of carbonyl (C=O) groups is 2. The molecule has 0 aromatic heterocycles. The number of amides is 1. The van der Waals surface area contributed by atoms with E-state index in [9.17, 15) is 19.0 Å². The van der Waals surface area contributed by atoms with Crippen LogP contribution in [0.3, 0.4) is 0 Å². The van der Waals surface area contributed by atoms with Crippen LogP contribution in [0.1, 0.15) is 348 Å². The largest absolute Gasteiger partial charge is 0.756 e. The van der Waals surface area contributed by atoms with Crippen molar-refractivity contribution in [3.63, 3.8) is 0 Å². The van der Waals surface area contributed by atoms with E-state index in [1.165, 1.54) is 244 Å². The van der Waals surface area contributed by atoms with Crippen molar-refractivity contribution < 1.29 is 37.3 Å². The first-order valence-electron chi connectivity index (χ1n) is 36.1. The van der Waals surface area contributed by atoms with Gasteiger partial charge in [0, 0.05) is 12.8 Å². The van der Waals surface area contributed by atoms with E-state index >= 15 is 0 Å². The summed E-state index contributed by atoms with van der Waals surface area (Å²) < 4.78 is 30.5. The molecule has 0 saturated heterocycles. The van der Waals surface area contributed by atoms with Crippen LogP contribution in [0.4, 0.5) is 0 Å². The highest BCUT2D eigenvalue weighted by Crippen LogP contribution is 2.38. The van der Waals surface area contributed by atoms with Crippen LogP contribution in [-0.2, 0) is 27.9 Å². The SMILES string of the molecule is CCCCC/C=C\C/C=C\C/C=C\CCCCCCCCCCCCCCC(=O)NC(COP(=O)([O-])OCC[N+](C)(C)C)C(/C=C\CCCCCCCCCCCC)OC(=O)CCCCCCCCCCCCC/C=C/CCCCCCCC. The molecular formula is C74H139N2O7P. The maximum absolute atomic E-state index is 13.6. The molecule has 0 aliphatic rings. The van der Waals surface area contributed by atoms with Gasteiger partial charge in [0.2, 0.25) is 5.91 Å². The number of allylic oxidation sites excluding steroid dienone is 9. The lowest BCUT2D eigenvalue weighted by Gasteiger charge is -2.30. The van der Waals surface area contributed by atoms with E-state index in [1.54, 1.807) is 0 Å². The van der Waals surface area contributed by atoms with E-state index in [-0.39, 0.29) is 31.5 Å². The van der Waals surface area contributed by atoms with Crippen LogP contribution in [0.2, 0.25) is 0 Å². The number of ether oxygens (including phenoxy) is 1. The van der Waals surface area contributed by atoms with Gasteiger partial charge in [0.25, 0.3) is 7.82 Å². The maximum Gasteiger partial charge on any atom is 0.306 e. The number of carbonyl (C=O) groups excluding carboxylic acids is 2. The van der Waals surface area contributed by atoms with E-state index in [2.05, 4.69) is 74.7 Å². The fraction of sp³-hybridized carbons (Fsp3) is 0.838. The molecule has 3 unspecified atom stereocenters. The fourth-order valence-electron chi connectivity index (χ4n) is 10.6. The number of nitrogens with zero attached hydrogens (tertiary/aromatic N) is 1. The topological polar surface area (TPSA) is 114 Å². The number of quaternary nitrogens is 1. The Labute approximate surface area is 521 Å². The van der Waals surface area contributed by atoms with Crippen LogP contribution in [0.5, 0.6) is 0 Å². The molecule has 0 fully saturated rings. The summed E-state index contributed by atoms with van der Waals surface area (Å²) in [6.07, 6.45) is 82.0. The minimum Gasteiger partial charge on any atom is -0.756 e. The lowest BCUT2D eigenvalue weighted by molar-refractivity contribution is -0.870. The molecule has 9 nitrogen and oxygen atoms in total. The molecule has 0 saturated carbocycles.